The molecule has 0 bridgehead atoms. The first-order valence-electron chi connectivity index (χ1n) is 7.84. The minimum atomic E-state index is 0.366. The topological polar surface area (TPSA) is 62.1 Å². The van der Waals surface area contributed by atoms with Crippen LogP contribution < -0.4 is 0 Å². The average Bonchev–Trinajstić information content (AvgIpc) is 3.16. The molecule has 1 saturated heterocycles. The van der Waals surface area contributed by atoms with Gasteiger partial charge in [-0.05, 0) is 32.4 Å². The summed E-state index contributed by atoms with van der Waals surface area (Å²) < 4.78 is 1.81. The highest BCUT2D eigenvalue weighted by molar-refractivity contribution is 5.37. The van der Waals surface area contributed by atoms with Gasteiger partial charge in [0.1, 0.15) is 0 Å². The van der Waals surface area contributed by atoms with Crippen molar-refractivity contribution in [3.63, 3.8) is 0 Å². The molecule has 3 aromatic heterocycles. The van der Waals surface area contributed by atoms with Crippen LogP contribution in [0.15, 0.2) is 30.9 Å². The maximum Gasteiger partial charge on any atom is 0.155 e. The van der Waals surface area contributed by atoms with Crippen LogP contribution in [-0.4, -0.2) is 36.0 Å². The van der Waals surface area contributed by atoms with Crippen molar-refractivity contribution in [2.45, 2.75) is 38.8 Å². The van der Waals surface area contributed by atoms with Crippen molar-refractivity contribution >= 4 is 5.65 Å². The Hall–Kier alpha value is -2.21. The van der Waals surface area contributed by atoms with Gasteiger partial charge < -0.3 is 4.98 Å². The second-order valence-electron chi connectivity index (χ2n) is 5.94. The molecular formula is C16H20N6. The number of imidazole rings is 1. The molecule has 6 nitrogen and oxygen atoms in total. The van der Waals surface area contributed by atoms with E-state index in [4.69, 9.17) is 4.98 Å². The minimum absolute atomic E-state index is 0.366. The molecule has 1 N–H and O–H groups in total. The van der Waals surface area contributed by atoms with Gasteiger partial charge in [-0.3, -0.25) is 4.90 Å². The van der Waals surface area contributed by atoms with E-state index in [1.807, 2.05) is 16.8 Å². The molecule has 0 radical (unpaired) electrons. The smallest absolute Gasteiger partial charge is 0.155 e. The van der Waals surface area contributed by atoms with Crippen LogP contribution in [0.1, 0.15) is 42.4 Å². The minimum Gasteiger partial charge on any atom is -0.348 e. The number of hydrogen-bond donors (Lipinski definition) is 1. The van der Waals surface area contributed by atoms with Gasteiger partial charge in [-0.2, -0.15) is 5.10 Å². The van der Waals surface area contributed by atoms with Gasteiger partial charge in [-0.1, -0.05) is 6.42 Å². The Morgan fingerprint density at radius 3 is 3.14 bits per heavy atom. The van der Waals surface area contributed by atoms with Gasteiger partial charge >= 0.3 is 0 Å². The molecule has 3 aromatic rings. The predicted octanol–water partition coefficient (Wildman–Crippen LogP) is 2.49. The number of piperidine rings is 1. The summed E-state index contributed by atoms with van der Waals surface area (Å²) in [5.41, 5.74) is 4.35. The van der Waals surface area contributed by atoms with Gasteiger partial charge in [-0.25, -0.2) is 14.5 Å². The van der Waals surface area contributed by atoms with Gasteiger partial charge in [0, 0.05) is 24.5 Å². The first-order valence-corrected chi connectivity index (χ1v) is 7.84. The van der Waals surface area contributed by atoms with Gasteiger partial charge in [0.15, 0.2) is 5.65 Å². The fraction of sp³-hybridized carbons (Fsp3) is 0.438. The lowest BCUT2D eigenvalue weighted by Crippen LogP contribution is -2.33. The first kappa shape index (κ1) is 13.5. The average molecular weight is 296 g/mol. The quantitative estimate of drug-likeness (QED) is 0.806. The van der Waals surface area contributed by atoms with Crippen LogP contribution in [0, 0.1) is 6.92 Å². The Kier molecular flexibility index (Phi) is 3.38. The molecule has 1 fully saturated rings. The summed E-state index contributed by atoms with van der Waals surface area (Å²) in [4.78, 5) is 14.9. The van der Waals surface area contributed by atoms with Crippen molar-refractivity contribution in [3.05, 3.63) is 47.9 Å². The van der Waals surface area contributed by atoms with E-state index >= 15 is 0 Å². The van der Waals surface area contributed by atoms with Crippen LogP contribution in [0.5, 0.6) is 0 Å². The number of fused-ring (bicyclic) bond motifs is 1. The highest BCUT2D eigenvalue weighted by atomic mass is 15.2. The molecule has 6 heteroatoms. The second kappa shape index (κ2) is 5.53. The summed E-state index contributed by atoms with van der Waals surface area (Å²) >= 11 is 0. The Labute approximate surface area is 129 Å². The first-order chi connectivity index (χ1) is 10.8. The Bertz CT molecular complexity index is 774. The molecule has 22 heavy (non-hydrogen) atoms. The summed E-state index contributed by atoms with van der Waals surface area (Å²) in [6.45, 7) is 4.06. The number of H-pyrrole nitrogens is 1. The Balaban J connectivity index is 1.63. The van der Waals surface area contributed by atoms with Crippen molar-refractivity contribution in [3.8, 4) is 0 Å². The summed E-state index contributed by atoms with van der Waals surface area (Å²) in [6, 6.07) is 4.42. The number of nitrogens with one attached hydrogen (secondary N) is 1. The zero-order valence-corrected chi connectivity index (χ0v) is 12.7. The van der Waals surface area contributed by atoms with E-state index < -0.39 is 0 Å². The lowest BCUT2D eigenvalue weighted by Gasteiger charge is -2.35. The molecule has 4 rings (SSSR count). The predicted molar refractivity (Wildman–Crippen MR) is 83.3 cm³/mol. The lowest BCUT2D eigenvalue weighted by molar-refractivity contribution is 0.135. The van der Waals surface area contributed by atoms with E-state index in [-0.39, 0.29) is 0 Å². The zero-order valence-electron chi connectivity index (χ0n) is 12.7. The van der Waals surface area contributed by atoms with Crippen molar-refractivity contribution < 1.29 is 0 Å². The molecular weight excluding hydrogens is 276 g/mol. The van der Waals surface area contributed by atoms with Crippen molar-refractivity contribution in [2.24, 2.45) is 0 Å². The fourth-order valence-corrected chi connectivity index (χ4v) is 3.27. The monoisotopic (exact) mass is 296 g/mol. The third-order valence-corrected chi connectivity index (χ3v) is 4.52. The number of nitrogens with zero attached hydrogens (tertiary/aromatic N) is 5. The molecule has 1 atom stereocenters. The van der Waals surface area contributed by atoms with Crippen molar-refractivity contribution in [1.82, 2.24) is 29.5 Å². The Morgan fingerprint density at radius 1 is 1.32 bits per heavy atom. The van der Waals surface area contributed by atoms with E-state index in [1.165, 1.54) is 12.8 Å². The second-order valence-corrected chi connectivity index (χ2v) is 5.94. The van der Waals surface area contributed by atoms with Gasteiger partial charge in [0.05, 0.1) is 30.0 Å². The normalized spacial score (nSPS) is 19.8. The molecule has 0 aliphatic carbocycles. The largest absolute Gasteiger partial charge is 0.348 e. The number of likely N-dealkylation sites (tertiary alicyclic amines) is 1. The van der Waals surface area contributed by atoms with E-state index in [0.29, 0.717) is 6.04 Å². The molecule has 0 aromatic carbocycles. The number of aromatic amines is 1. The molecule has 4 heterocycles. The van der Waals surface area contributed by atoms with Crippen LogP contribution >= 0.6 is 0 Å². The van der Waals surface area contributed by atoms with Crippen LogP contribution in [0.25, 0.3) is 5.65 Å². The maximum atomic E-state index is 4.79. The number of rotatable bonds is 3. The standard InChI is InChI=1S/C16H20N6/c1-12-14(18-11-17-12)10-21-8-3-2-4-15(21)13-6-9-22-16(20-13)5-7-19-22/h5-7,9,11,15H,2-4,8,10H2,1H3,(H,17,18)/t15-/m1/s1. The van der Waals surface area contributed by atoms with E-state index in [9.17, 15) is 0 Å². The zero-order chi connectivity index (χ0) is 14.9. The van der Waals surface area contributed by atoms with Gasteiger partial charge in [0.2, 0.25) is 0 Å². The number of aryl methyl sites for hydroxylation is 1. The summed E-state index contributed by atoms with van der Waals surface area (Å²) in [6.07, 6.45) is 9.23. The molecule has 0 amide bonds. The van der Waals surface area contributed by atoms with Crippen molar-refractivity contribution in [2.75, 3.05) is 6.54 Å². The maximum absolute atomic E-state index is 4.79. The summed E-state index contributed by atoms with van der Waals surface area (Å²) in [7, 11) is 0. The number of aromatic nitrogens is 5. The molecule has 114 valence electrons. The van der Waals surface area contributed by atoms with E-state index in [1.54, 1.807) is 12.5 Å². The van der Waals surface area contributed by atoms with E-state index in [2.05, 4.69) is 33.0 Å². The molecule has 1 aliphatic heterocycles. The molecule has 0 saturated carbocycles. The number of hydrogen-bond acceptors (Lipinski definition) is 4. The summed E-state index contributed by atoms with van der Waals surface area (Å²) in [5.74, 6) is 0. The molecule has 0 spiro atoms. The van der Waals surface area contributed by atoms with Crippen LogP contribution in [-0.2, 0) is 6.54 Å². The summed E-state index contributed by atoms with van der Waals surface area (Å²) in [5, 5.41) is 4.22. The molecule has 1 aliphatic rings. The highest BCUT2D eigenvalue weighted by Crippen LogP contribution is 2.31. The Morgan fingerprint density at radius 2 is 2.27 bits per heavy atom. The highest BCUT2D eigenvalue weighted by Gasteiger charge is 2.26. The van der Waals surface area contributed by atoms with Crippen LogP contribution in [0.4, 0.5) is 0 Å². The van der Waals surface area contributed by atoms with E-state index in [0.717, 1.165) is 42.2 Å². The van der Waals surface area contributed by atoms with Crippen LogP contribution in [0.2, 0.25) is 0 Å². The third kappa shape index (κ3) is 2.39. The third-order valence-electron chi connectivity index (χ3n) is 4.52. The van der Waals surface area contributed by atoms with Gasteiger partial charge in [-0.15, -0.1) is 0 Å². The van der Waals surface area contributed by atoms with Crippen LogP contribution in [0.3, 0.4) is 0 Å². The SMILES string of the molecule is Cc1[nH]cnc1CN1CCCC[C@@H]1c1ccn2nccc2n1. The molecule has 0 unspecified atom stereocenters. The van der Waals surface area contributed by atoms with Crippen molar-refractivity contribution in [1.29, 1.82) is 0 Å². The lowest BCUT2D eigenvalue weighted by atomic mass is 9.98. The van der Waals surface area contributed by atoms with Gasteiger partial charge in [0.25, 0.3) is 0 Å². The fourth-order valence-electron chi connectivity index (χ4n) is 3.27.